The van der Waals surface area contributed by atoms with Gasteiger partial charge in [-0.25, -0.2) is 4.79 Å². The van der Waals surface area contributed by atoms with Gasteiger partial charge in [0.1, 0.15) is 0 Å². The van der Waals surface area contributed by atoms with Gasteiger partial charge >= 0.3 is 5.97 Å². The maximum absolute atomic E-state index is 12.4. The van der Waals surface area contributed by atoms with Crippen molar-refractivity contribution in [2.75, 3.05) is 12.4 Å². The number of amides is 1. The van der Waals surface area contributed by atoms with Crippen molar-refractivity contribution in [2.24, 2.45) is 7.05 Å². The van der Waals surface area contributed by atoms with E-state index in [0.29, 0.717) is 22.6 Å². The van der Waals surface area contributed by atoms with Crippen LogP contribution in [0, 0.1) is 20.8 Å². The quantitative estimate of drug-likeness (QED) is 0.526. The lowest BCUT2D eigenvalue weighted by Crippen LogP contribution is -2.24. The number of aromatic nitrogens is 2. The first kappa shape index (κ1) is 17.4. The molecule has 0 saturated carbocycles. The maximum Gasteiger partial charge on any atom is 0.337 e. The van der Waals surface area contributed by atoms with E-state index in [4.69, 9.17) is 0 Å². The predicted octanol–water partition coefficient (Wildman–Crippen LogP) is 1.95. The zero-order chi connectivity index (χ0) is 18.0. The van der Waals surface area contributed by atoms with Crippen LogP contribution in [0.3, 0.4) is 0 Å². The number of ketones is 1. The Hall–Kier alpha value is -2.96. The van der Waals surface area contributed by atoms with Crippen molar-refractivity contribution < 1.29 is 19.1 Å². The van der Waals surface area contributed by atoms with E-state index in [1.54, 1.807) is 44.6 Å². The third kappa shape index (κ3) is 3.19. The molecule has 2 aromatic rings. The molecule has 0 aliphatic carbocycles. The molecule has 7 heteroatoms. The molecule has 1 amide bonds. The number of hydrogen-bond donors (Lipinski definition) is 1. The number of nitrogens with zero attached hydrogens (tertiary/aromatic N) is 2. The average molecular weight is 329 g/mol. The Morgan fingerprint density at radius 2 is 1.83 bits per heavy atom. The van der Waals surface area contributed by atoms with Crippen molar-refractivity contribution in [3.8, 4) is 0 Å². The van der Waals surface area contributed by atoms with Crippen LogP contribution in [-0.4, -0.2) is 34.6 Å². The molecule has 0 radical (unpaired) electrons. The van der Waals surface area contributed by atoms with Gasteiger partial charge in [0, 0.05) is 18.4 Å². The van der Waals surface area contributed by atoms with Crippen LogP contribution in [0.25, 0.3) is 0 Å². The van der Waals surface area contributed by atoms with Crippen molar-refractivity contribution in [1.82, 2.24) is 9.78 Å². The minimum absolute atomic E-state index is 0.289. The highest BCUT2D eigenvalue weighted by Gasteiger charge is 2.24. The highest BCUT2D eigenvalue weighted by atomic mass is 16.5. The molecule has 0 aliphatic rings. The number of Topliss-reactive ketones (excluding diaryl/α,β-unsaturated/α-hetero) is 1. The molecule has 1 aromatic carbocycles. The molecule has 1 aromatic heterocycles. The monoisotopic (exact) mass is 329 g/mol. The van der Waals surface area contributed by atoms with Crippen LogP contribution in [0.4, 0.5) is 5.69 Å². The lowest BCUT2D eigenvalue weighted by atomic mass is 10.1. The maximum atomic E-state index is 12.4. The van der Waals surface area contributed by atoms with Crippen LogP contribution in [0.15, 0.2) is 18.2 Å². The van der Waals surface area contributed by atoms with E-state index >= 15 is 0 Å². The van der Waals surface area contributed by atoms with Crippen molar-refractivity contribution in [1.29, 1.82) is 0 Å². The molecule has 7 nitrogen and oxygen atoms in total. The Labute approximate surface area is 139 Å². The smallest absolute Gasteiger partial charge is 0.337 e. The number of benzene rings is 1. The first-order chi connectivity index (χ1) is 11.3. The Morgan fingerprint density at radius 1 is 1.17 bits per heavy atom. The number of rotatable bonds is 4. The first-order valence-electron chi connectivity index (χ1n) is 7.31. The van der Waals surface area contributed by atoms with Crippen LogP contribution in [-0.2, 0) is 16.6 Å². The van der Waals surface area contributed by atoms with E-state index in [9.17, 15) is 14.4 Å². The van der Waals surface area contributed by atoms with Crippen molar-refractivity contribution >= 4 is 23.3 Å². The summed E-state index contributed by atoms with van der Waals surface area (Å²) in [6.45, 7) is 5.17. The fraction of sp³-hybridized carbons (Fsp3) is 0.294. The fourth-order valence-corrected chi connectivity index (χ4v) is 2.40. The Kier molecular flexibility index (Phi) is 4.82. The molecular weight excluding hydrogens is 310 g/mol. The minimum atomic E-state index is -0.778. The molecule has 1 heterocycles. The van der Waals surface area contributed by atoms with Gasteiger partial charge in [-0.15, -0.1) is 0 Å². The molecule has 1 N–H and O–H groups in total. The summed E-state index contributed by atoms with van der Waals surface area (Å²) < 4.78 is 6.21. The van der Waals surface area contributed by atoms with Crippen LogP contribution in [0.2, 0.25) is 0 Å². The van der Waals surface area contributed by atoms with Gasteiger partial charge in [-0.05, 0) is 38.5 Å². The first-order valence-corrected chi connectivity index (χ1v) is 7.31. The number of ether oxygens (including phenoxy) is 1. The second-order valence-electron chi connectivity index (χ2n) is 5.47. The Bertz CT molecular complexity index is 837. The lowest BCUT2D eigenvalue weighted by molar-refractivity contribution is -0.112. The van der Waals surface area contributed by atoms with Gasteiger partial charge in [0.25, 0.3) is 11.7 Å². The largest absolute Gasteiger partial charge is 0.465 e. The molecule has 0 unspecified atom stereocenters. The standard InChI is InChI=1S/C17H19N3O4/c1-9-6-7-12(17(23)24-5)8-13(9)18-16(22)15(21)14-10(2)19-20(4)11(14)3/h6-8H,1-5H3,(H,18,22). The summed E-state index contributed by atoms with van der Waals surface area (Å²) in [6, 6.07) is 4.75. The second-order valence-corrected chi connectivity index (χ2v) is 5.47. The number of nitrogens with one attached hydrogen (secondary N) is 1. The van der Waals surface area contributed by atoms with Crippen LogP contribution in [0.1, 0.15) is 37.7 Å². The number of hydrogen-bond acceptors (Lipinski definition) is 5. The number of carbonyl (C=O) groups is 3. The average Bonchev–Trinajstić information content (AvgIpc) is 2.80. The molecule has 0 spiro atoms. The zero-order valence-electron chi connectivity index (χ0n) is 14.3. The summed E-state index contributed by atoms with van der Waals surface area (Å²) in [4.78, 5) is 36.3. The van der Waals surface area contributed by atoms with E-state index in [2.05, 4.69) is 15.2 Å². The van der Waals surface area contributed by atoms with Crippen molar-refractivity contribution in [3.63, 3.8) is 0 Å². The van der Waals surface area contributed by atoms with Crippen LogP contribution in [0.5, 0.6) is 0 Å². The van der Waals surface area contributed by atoms with E-state index in [1.807, 2.05) is 0 Å². The third-order valence-electron chi connectivity index (χ3n) is 3.85. The van der Waals surface area contributed by atoms with Gasteiger partial charge in [0.15, 0.2) is 0 Å². The molecule has 0 aliphatic heterocycles. The molecule has 0 saturated heterocycles. The molecule has 0 fully saturated rings. The minimum Gasteiger partial charge on any atom is -0.465 e. The molecule has 2 rings (SSSR count). The normalized spacial score (nSPS) is 10.4. The topological polar surface area (TPSA) is 90.3 Å². The van der Waals surface area contributed by atoms with Gasteiger partial charge in [-0.1, -0.05) is 6.07 Å². The Balaban J connectivity index is 2.29. The van der Waals surface area contributed by atoms with E-state index in [1.165, 1.54) is 13.2 Å². The second kappa shape index (κ2) is 6.66. The number of aryl methyl sites for hydroxylation is 3. The highest BCUT2D eigenvalue weighted by Crippen LogP contribution is 2.19. The van der Waals surface area contributed by atoms with Crippen LogP contribution >= 0.6 is 0 Å². The van der Waals surface area contributed by atoms with Gasteiger partial charge in [-0.3, -0.25) is 14.3 Å². The van der Waals surface area contributed by atoms with Crippen molar-refractivity contribution in [3.05, 3.63) is 46.3 Å². The van der Waals surface area contributed by atoms with Crippen molar-refractivity contribution in [2.45, 2.75) is 20.8 Å². The summed E-state index contributed by atoms with van der Waals surface area (Å²) in [5, 5.41) is 6.70. The van der Waals surface area contributed by atoms with Gasteiger partial charge < -0.3 is 10.1 Å². The van der Waals surface area contributed by atoms with E-state index in [0.717, 1.165) is 5.56 Å². The molecule has 0 bridgehead atoms. The number of carbonyl (C=O) groups excluding carboxylic acids is 3. The van der Waals surface area contributed by atoms with E-state index < -0.39 is 17.7 Å². The molecule has 0 atom stereocenters. The van der Waals surface area contributed by atoms with Gasteiger partial charge in [-0.2, -0.15) is 5.10 Å². The van der Waals surface area contributed by atoms with E-state index in [-0.39, 0.29) is 5.56 Å². The highest BCUT2D eigenvalue weighted by molar-refractivity contribution is 6.47. The Morgan fingerprint density at radius 3 is 2.38 bits per heavy atom. The van der Waals surface area contributed by atoms with Crippen LogP contribution < -0.4 is 5.32 Å². The SMILES string of the molecule is COC(=O)c1ccc(C)c(NC(=O)C(=O)c2c(C)nn(C)c2C)c1. The zero-order valence-corrected chi connectivity index (χ0v) is 14.3. The number of anilines is 1. The number of esters is 1. The summed E-state index contributed by atoms with van der Waals surface area (Å²) in [6.07, 6.45) is 0. The summed E-state index contributed by atoms with van der Waals surface area (Å²) >= 11 is 0. The van der Waals surface area contributed by atoms with Gasteiger partial charge in [0.05, 0.1) is 23.9 Å². The summed E-state index contributed by atoms with van der Waals surface area (Å²) in [5.41, 5.74) is 2.80. The summed E-state index contributed by atoms with van der Waals surface area (Å²) in [5.74, 6) is -1.96. The third-order valence-corrected chi connectivity index (χ3v) is 3.85. The fourth-order valence-electron chi connectivity index (χ4n) is 2.40. The number of methoxy groups -OCH3 is 1. The molecular formula is C17H19N3O4. The predicted molar refractivity (Wildman–Crippen MR) is 88.2 cm³/mol. The van der Waals surface area contributed by atoms with Gasteiger partial charge in [0.2, 0.25) is 0 Å². The lowest BCUT2D eigenvalue weighted by Gasteiger charge is -2.09. The molecule has 24 heavy (non-hydrogen) atoms. The summed E-state index contributed by atoms with van der Waals surface area (Å²) in [7, 11) is 2.99. The molecule has 126 valence electrons.